The summed E-state index contributed by atoms with van der Waals surface area (Å²) in [5.74, 6) is -0.565. The minimum absolute atomic E-state index is 0.0386. The molecule has 0 radical (unpaired) electrons. The van der Waals surface area contributed by atoms with E-state index in [1.807, 2.05) is 30.3 Å². The topological polar surface area (TPSA) is 89.5 Å². The van der Waals surface area contributed by atoms with Gasteiger partial charge in [0.1, 0.15) is 0 Å². The zero-order valence-corrected chi connectivity index (χ0v) is 15.4. The number of nitrogens with one attached hydrogen (secondary N) is 1. The molecule has 138 valence electrons. The summed E-state index contributed by atoms with van der Waals surface area (Å²) in [6.45, 7) is 3.54. The number of sulfone groups is 1. The molecule has 1 aliphatic heterocycles. The van der Waals surface area contributed by atoms with Crippen LogP contribution in [0.25, 0.3) is 0 Å². The van der Waals surface area contributed by atoms with Gasteiger partial charge in [-0.3, -0.25) is 9.59 Å². The van der Waals surface area contributed by atoms with Gasteiger partial charge in [0, 0.05) is 6.42 Å². The van der Waals surface area contributed by atoms with Gasteiger partial charge in [-0.2, -0.15) is 0 Å². The normalized spacial score (nSPS) is 20.2. The quantitative estimate of drug-likeness (QED) is 0.745. The number of carbonyl (C=O) groups excluding carboxylic acids is 2. The number of amides is 1. The smallest absolute Gasteiger partial charge is 0.308 e. The summed E-state index contributed by atoms with van der Waals surface area (Å²) >= 11 is 0. The molecule has 6 nitrogen and oxygen atoms in total. The van der Waals surface area contributed by atoms with Crippen molar-refractivity contribution in [3.63, 3.8) is 0 Å². The van der Waals surface area contributed by atoms with E-state index in [1.165, 1.54) is 0 Å². The molecule has 1 aromatic rings. The standard InChI is InChI=1S/C18H25NO5S/c1-13(2)24-18(21)11-16(15-6-4-3-5-7-15)19-17(20)10-14-8-9-25(22,23)12-14/h3-7,13-14,16H,8-12H2,1-2H3,(H,19,20). The molecule has 1 heterocycles. The molecule has 0 spiro atoms. The summed E-state index contributed by atoms with van der Waals surface area (Å²) in [6.07, 6.45) is 0.489. The first-order valence-corrected chi connectivity index (χ1v) is 10.3. The van der Waals surface area contributed by atoms with E-state index >= 15 is 0 Å². The fourth-order valence-electron chi connectivity index (χ4n) is 2.96. The van der Waals surface area contributed by atoms with Gasteiger partial charge in [-0.15, -0.1) is 0 Å². The second-order valence-corrected chi connectivity index (χ2v) is 8.98. The van der Waals surface area contributed by atoms with Crippen molar-refractivity contribution in [2.24, 2.45) is 5.92 Å². The SMILES string of the molecule is CC(C)OC(=O)CC(NC(=O)CC1CCS(=O)(=O)C1)c1ccccc1. The third-order valence-corrected chi connectivity index (χ3v) is 5.91. The minimum atomic E-state index is -3.01. The Balaban J connectivity index is 2.00. The molecule has 0 bridgehead atoms. The van der Waals surface area contributed by atoms with Gasteiger partial charge in [-0.05, 0) is 31.7 Å². The van der Waals surface area contributed by atoms with Gasteiger partial charge in [0.25, 0.3) is 0 Å². The third-order valence-electron chi connectivity index (χ3n) is 4.08. The van der Waals surface area contributed by atoms with Crippen molar-refractivity contribution in [3.05, 3.63) is 35.9 Å². The lowest BCUT2D eigenvalue weighted by atomic mass is 10.0. The Kier molecular flexibility index (Phi) is 6.58. The highest BCUT2D eigenvalue weighted by atomic mass is 32.2. The van der Waals surface area contributed by atoms with Crippen LogP contribution in [0.4, 0.5) is 0 Å². The summed E-state index contributed by atoms with van der Waals surface area (Å²) in [5, 5.41) is 2.86. The Hall–Kier alpha value is -1.89. The molecule has 2 atom stereocenters. The molecule has 0 aliphatic carbocycles. The van der Waals surface area contributed by atoms with E-state index in [2.05, 4.69) is 5.32 Å². The first kappa shape index (κ1) is 19.4. The van der Waals surface area contributed by atoms with Crippen molar-refractivity contribution in [2.45, 2.75) is 45.3 Å². The van der Waals surface area contributed by atoms with Crippen LogP contribution < -0.4 is 5.32 Å². The van der Waals surface area contributed by atoms with Crippen LogP contribution in [0.3, 0.4) is 0 Å². The first-order chi connectivity index (χ1) is 11.7. The predicted molar refractivity (Wildman–Crippen MR) is 94.5 cm³/mol. The second kappa shape index (κ2) is 8.47. The molecule has 1 fully saturated rings. The number of carbonyl (C=O) groups is 2. The molecule has 0 aromatic heterocycles. The molecule has 1 amide bonds. The van der Waals surface area contributed by atoms with E-state index in [-0.39, 0.29) is 48.2 Å². The van der Waals surface area contributed by atoms with Crippen LogP contribution in [0.15, 0.2) is 30.3 Å². The summed E-state index contributed by atoms with van der Waals surface area (Å²) in [5.41, 5.74) is 0.815. The molecule has 0 saturated carbocycles. The van der Waals surface area contributed by atoms with Crippen molar-refractivity contribution in [2.75, 3.05) is 11.5 Å². The number of rotatable bonds is 7. The van der Waals surface area contributed by atoms with E-state index in [1.54, 1.807) is 13.8 Å². The van der Waals surface area contributed by atoms with Gasteiger partial charge >= 0.3 is 5.97 Å². The fourth-order valence-corrected chi connectivity index (χ4v) is 4.83. The maximum atomic E-state index is 12.3. The molecule has 25 heavy (non-hydrogen) atoms. The van der Waals surface area contributed by atoms with E-state index in [0.717, 1.165) is 5.56 Å². The van der Waals surface area contributed by atoms with Crippen molar-refractivity contribution in [3.8, 4) is 0 Å². The van der Waals surface area contributed by atoms with Gasteiger partial charge in [0.05, 0.1) is 30.1 Å². The number of ether oxygens (including phenoxy) is 1. The molecule has 1 N–H and O–H groups in total. The van der Waals surface area contributed by atoms with Crippen LogP contribution in [-0.4, -0.2) is 37.9 Å². The molecule has 2 rings (SSSR count). The Bertz CT molecular complexity index is 699. The summed E-state index contributed by atoms with van der Waals surface area (Å²) in [7, 11) is -3.01. The number of hydrogen-bond donors (Lipinski definition) is 1. The second-order valence-electron chi connectivity index (χ2n) is 6.75. The summed E-state index contributed by atoms with van der Waals surface area (Å²) in [6, 6.07) is 8.73. The van der Waals surface area contributed by atoms with Crippen LogP contribution >= 0.6 is 0 Å². The van der Waals surface area contributed by atoms with Gasteiger partial charge in [-0.1, -0.05) is 30.3 Å². The predicted octanol–water partition coefficient (Wildman–Crippen LogP) is 2.01. The van der Waals surface area contributed by atoms with E-state index in [9.17, 15) is 18.0 Å². The van der Waals surface area contributed by atoms with Crippen molar-refractivity contribution in [1.82, 2.24) is 5.32 Å². The van der Waals surface area contributed by atoms with Crippen molar-refractivity contribution < 1.29 is 22.7 Å². The molecular weight excluding hydrogens is 342 g/mol. The highest BCUT2D eigenvalue weighted by Gasteiger charge is 2.30. The van der Waals surface area contributed by atoms with Crippen LogP contribution in [0.2, 0.25) is 0 Å². The Labute approximate surface area is 148 Å². The van der Waals surface area contributed by atoms with Crippen molar-refractivity contribution >= 4 is 21.7 Å². The lowest BCUT2D eigenvalue weighted by Crippen LogP contribution is -2.32. The van der Waals surface area contributed by atoms with Crippen LogP contribution in [0.5, 0.6) is 0 Å². The Morgan fingerprint density at radius 2 is 1.92 bits per heavy atom. The zero-order chi connectivity index (χ0) is 18.4. The van der Waals surface area contributed by atoms with Gasteiger partial charge in [0.15, 0.2) is 9.84 Å². The lowest BCUT2D eigenvalue weighted by Gasteiger charge is -2.20. The zero-order valence-electron chi connectivity index (χ0n) is 14.6. The van der Waals surface area contributed by atoms with E-state index in [4.69, 9.17) is 4.74 Å². The molecule has 1 saturated heterocycles. The number of benzene rings is 1. The Morgan fingerprint density at radius 3 is 2.48 bits per heavy atom. The third kappa shape index (κ3) is 6.49. The highest BCUT2D eigenvalue weighted by Crippen LogP contribution is 2.23. The maximum absolute atomic E-state index is 12.3. The average molecular weight is 367 g/mol. The Morgan fingerprint density at radius 1 is 1.24 bits per heavy atom. The largest absolute Gasteiger partial charge is 0.463 e. The average Bonchev–Trinajstić information content (AvgIpc) is 2.85. The summed E-state index contributed by atoms with van der Waals surface area (Å²) < 4.78 is 28.2. The first-order valence-electron chi connectivity index (χ1n) is 8.49. The summed E-state index contributed by atoms with van der Waals surface area (Å²) in [4.78, 5) is 24.3. The van der Waals surface area contributed by atoms with Crippen LogP contribution in [0.1, 0.15) is 44.7 Å². The van der Waals surface area contributed by atoms with Gasteiger partial charge < -0.3 is 10.1 Å². The fraction of sp³-hybridized carbons (Fsp3) is 0.556. The van der Waals surface area contributed by atoms with Crippen LogP contribution in [0, 0.1) is 5.92 Å². The monoisotopic (exact) mass is 367 g/mol. The molecular formula is C18H25NO5S. The van der Waals surface area contributed by atoms with Gasteiger partial charge in [0.2, 0.25) is 5.91 Å². The molecule has 2 unspecified atom stereocenters. The van der Waals surface area contributed by atoms with Crippen LogP contribution in [-0.2, 0) is 24.2 Å². The number of hydrogen-bond acceptors (Lipinski definition) is 5. The molecule has 1 aromatic carbocycles. The number of esters is 1. The van der Waals surface area contributed by atoms with Gasteiger partial charge in [-0.25, -0.2) is 8.42 Å². The lowest BCUT2D eigenvalue weighted by molar-refractivity contribution is -0.148. The molecule has 1 aliphatic rings. The highest BCUT2D eigenvalue weighted by molar-refractivity contribution is 7.91. The van der Waals surface area contributed by atoms with E-state index < -0.39 is 15.9 Å². The molecule has 7 heteroatoms. The minimum Gasteiger partial charge on any atom is -0.463 e. The van der Waals surface area contributed by atoms with E-state index in [0.29, 0.717) is 6.42 Å². The maximum Gasteiger partial charge on any atom is 0.308 e. The van der Waals surface area contributed by atoms with Crippen molar-refractivity contribution in [1.29, 1.82) is 0 Å².